The lowest BCUT2D eigenvalue weighted by Gasteiger charge is -2.39. The number of thiazole rings is 1. The molecule has 0 saturated carbocycles. The van der Waals surface area contributed by atoms with Crippen LogP contribution >= 0.6 is 23.7 Å². The van der Waals surface area contributed by atoms with Gasteiger partial charge in [0.2, 0.25) is 0 Å². The van der Waals surface area contributed by atoms with Crippen LogP contribution in [0.1, 0.15) is 30.7 Å². The highest BCUT2D eigenvalue weighted by Crippen LogP contribution is 2.48. The van der Waals surface area contributed by atoms with Crippen LogP contribution < -0.4 is 9.77 Å². The van der Waals surface area contributed by atoms with Gasteiger partial charge >= 0.3 is 4.87 Å². The number of halogens is 3. The molecule has 8 heteroatoms. The Bertz CT molecular complexity index is 1120. The quantitative estimate of drug-likeness (QED) is 0.445. The molecule has 2 aliphatic rings. The molecule has 1 saturated heterocycles. The summed E-state index contributed by atoms with van der Waals surface area (Å²) in [6, 6.07) is 11.9. The fourth-order valence-corrected chi connectivity index (χ4v) is 5.66. The van der Waals surface area contributed by atoms with Crippen molar-refractivity contribution in [1.29, 1.82) is 0 Å². The van der Waals surface area contributed by atoms with Crippen molar-refractivity contribution in [3.8, 4) is 0 Å². The van der Waals surface area contributed by atoms with Crippen molar-refractivity contribution in [2.75, 3.05) is 24.5 Å². The summed E-state index contributed by atoms with van der Waals surface area (Å²) < 4.78 is 29.4. The van der Waals surface area contributed by atoms with Crippen LogP contribution in [0.3, 0.4) is 0 Å². The lowest BCUT2D eigenvalue weighted by Crippen LogP contribution is -2.45. The van der Waals surface area contributed by atoms with E-state index in [0.717, 1.165) is 62.4 Å². The van der Waals surface area contributed by atoms with Crippen molar-refractivity contribution in [3.63, 3.8) is 0 Å². The fourth-order valence-electron chi connectivity index (χ4n) is 5.05. The van der Waals surface area contributed by atoms with Gasteiger partial charge in [0.25, 0.3) is 0 Å². The van der Waals surface area contributed by atoms with E-state index in [9.17, 15) is 13.6 Å². The van der Waals surface area contributed by atoms with E-state index in [0.29, 0.717) is 0 Å². The predicted octanol–water partition coefficient (Wildman–Crippen LogP) is 5.40. The maximum Gasteiger partial charge on any atom is 0.307 e. The number of aromatic nitrogens is 1. The Kier molecular flexibility index (Phi) is 6.98. The van der Waals surface area contributed by atoms with Crippen LogP contribution in [0, 0.1) is 11.6 Å². The van der Waals surface area contributed by atoms with E-state index in [1.165, 1.54) is 29.5 Å². The predicted molar refractivity (Wildman–Crippen MR) is 128 cm³/mol. The third-order valence-corrected chi connectivity index (χ3v) is 7.21. The standard InChI is InChI=1S/C24H25F2N3OS.ClH/c25-17-3-6-19(7-4-17)29-22-8-5-18(26)15-20(22)21-16-27(12-9-23(21)29)10-1-2-11-28-13-14-31-24(28)30;/h3-8,13-15,21,23H,1-2,9-12,16H2;1H/t21-,23+;/m0./s1. The van der Waals surface area contributed by atoms with Crippen LogP contribution in [0.2, 0.25) is 0 Å². The van der Waals surface area contributed by atoms with Crippen LogP contribution in [0.5, 0.6) is 0 Å². The number of anilines is 2. The van der Waals surface area contributed by atoms with Gasteiger partial charge in [0, 0.05) is 54.5 Å². The van der Waals surface area contributed by atoms with Gasteiger partial charge in [-0.1, -0.05) is 11.3 Å². The molecule has 3 heterocycles. The van der Waals surface area contributed by atoms with E-state index < -0.39 is 0 Å². The smallest absolute Gasteiger partial charge is 0.307 e. The molecular weight excluding hydrogens is 452 g/mol. The van der Waals surface area contributed by atoms with Gasteiger partial charge in [-0.05, 0) is 73.8 Å². The van der Waals surface area contributed by atoms with Crippen LogP contribution in [0.25, 0.3) is 0 Å². The number of piperidine rings is 1. The van der Waals surface area contributed by atoms with Gasteiger partial charge in [-0.3, -0.25) is 4.79 Å². The van der Waals surface area contributed by atoms with Gasteiger partial charge in [0.05, 0.1) is 0 Å². The molecule has 4 nitrogen and oxygen atoms in total. The molecule has 3 aromatic rings. The summed E-state index contributed by atoms with van der Waals surface area (Å²) in [5.74, 6) is -0.237. The van der Waals surface area contributed by atoms with Crippen molar-refractivity contribution < 1.29 is 8.78 Å². The minimum atomic E-state index is -0.252. The van der Waals surface area contributed by atoms with Gasteiger partial charge in [-0.15, -0.1) is 12.4 Å². The SMILES string of the molecule is Cl.O=c1sccn1CCCCN1CC[C@@H]2[C@@H](C1)c1cc(F)ccc1N2c1ccc(F)cc1. The number of hydrogen-bond acceptors (Lipinski definition) is 4. The molecule has 170 valence electrons. The largest absolute Gasteiger partial charge is 0.337 e. The Labute approximate surface area is 196 Å². The van der Waals surface area contributed by atoms with Gasteiger partial charge in [0.15, 0.2) is 0 Å². The first-order chi connectivity index (χ1) is 15.1. The van der Waals surface area contributed by atoms with Gasteiger partial charge < -0.3 is 14.4 Å². The molecular formula is C24H26ClF2N3OS. The van der Waals surface area contributed by atoms with Gasteiger partial charge in [0.1, 0.15) is 11.6 Å². The third kappa shape index (κ3) is 4.47. The fraction of sp³-hybridized carbons (Fsp3) is 0.375. The Hall–Kier alpha value is -2.22. The lowest BCUT2D eigenvalue weighted by atomic mass is 9.89. The molecule has 0 unspecified atom stereocenters. The van der Waals surface area contributed by atoms with E-state index in [1.807, 2.05) is 29.8 Å². The minimum Gasteiger partial charge on any atom is -0.337 e. The highest BCUT2D eigenvalue weighted by Gasteiger charge is 2.42. The molecule has 0 aliphatic carbocycles. The molecule has 2 atom stereocenters. The van der Waals surface area contributed by atoms with Crippen LogP contribution in [0.15, 0.2) is 58.8 Å². The number of nitrogens with zero attached hydrogens (tertiary/aromatic N) is 3. The average Bonchev–Trinajstić information content (AvgIpc) is 3.32. The topological polar surface area (TPSA) is 28.5 Å². The molecule has 1 fully saturated rings. The van der Waals surface area contributed by atoms with E-state index in [-0.39, 0.29) is 40.9 Å². The van der Waals surface area contributed by atoms with E-state index in [2.05, 4.69) is 9.80 Å². The molecule has 5 rings (SSSR count). The van der Waals surface area contributed by atoms with Gasteiger partial charge in [-0.2, -0.15) is 0 Å². The number of aryl methyl sites for hydroxylation is 1. The summed E-state index contributed by atoms with van der Waals surface area (Å²) >= 11 is 1.24. The maximum absolute atomic E-state index is 14.1. The molecule has 0 spiro atoms. The van der Waals surface area contributed by atoms with E-state index in [4.69, 9.17) is 0 Å². The first-order valence-corrected chi connectivity index (χ1v) is 11.7. The highest BCUT2D eigenvalue weighted by molar-refractivity contribution is 7.07. The van der Waals surface area contributed by atoms with Crippen LogP contribution in [-0.4, -0.2) is 35.1 Å². The Morgan fingerprint density at radius 2 is 1.75 bits per heavy atom. The second-order valence-corrected chi connectivity index (χ2v) is 9.24. The molecule has 0 N–H and O–H groups in total. The zero-order valence-electron chi connectivity index (χ0n) is 17.6. The number of likely N-dealkylation sites (tertiary alicyclic amines) is 1. The van der Waals surface area contributed by atoms with Crippen molar-refractivity contribution >= 4 is 35.1 Å². The normalized spacial score (nSPS) is 20.0. The van der Waals surface area contributed by atoms with Crippen molar-refractivity contribution in [3.05, 3.63) is 80.9 Å². The Morgan fingerprint density at radius 1 is 1.00 bits per heavy atom. The second-order valence-electron chi connectivity index (χ2n) is 8.38. The third-order valence-electron chi connectivity index (χ3n) is 6.51. The summed E-state index contributed by atoms with van der Waals surface area (Å²) in [6.45, 7) is 3.60. The number of benzene rings is 2. The van der Waals surface area contributed by atoms with Crippen LogP contribution in [-0.2, 0) is 6.54 Å². The number of hydrogen-bond donors (Lipinski definition) is 0. The Morgan fingerprint density at radius 3 is 2.50 bits per heavy atom. The van der Waals surface area contributed by atoms with Crippen molar-refractivity contribution in [2.24, 2.45) is 0 Å². The average molecular weight is 478 g/mol. The van der Waals surface area contributed by atoms with Gasteiger partial charge in [-0.25, -0.2) is 8.78 Å². The summed E-state index contributed by atoms with van der Waals surface area (Å²) in [5.41, 5.74) is 3.03. The number of unbranched alkanes of at least 4 members (excludes halogenated alkanes) is 1. The summed E-state index contributed by atoms with van der Waals surface area (Å²) in [7, 11) is 0. The first kappa shape index (κ1) is 23.0. The number of fused-ring (bicyclic) bond motifs is 3. The maximum atomic E-state index is 14.1. The molecule has 1 aromatic heterocycles. The van der Waals surface area contributed by atoms with E-state index >= 15 is 0 Å². The molecule has 0 amide bonds. The number of rotatable bonds is 6. The molecule has 0 radical (unpaired) electrons. The van der Waals surface area contributed by atoms with Crippen molar-refractivity contribution in [1.82, 2.24) is 9.47 Å². The van der Waals surface area contributed by atoms with Crippen molar-refractivity contribution in [2.45, 2.75) is 37.8 Å². The Balaban J connectivity index is 0.00000245. The molecule has 0 bridgehead atoms. The second kappa shape index (κ2) is 9.73. The van der Waals surface area contributed by atoms with E-state index in [1.54, 1.807) is 10.6 Å². The highest BCUT2D eigenvalue weighted by atomic mass is 35.5. The minimum absolute atomic E-state index is 0. The monoisotopic (exact) mass is 477 g/mol. The summed E-state index contributed by atoms with van der Waals surface area (Å²) in [6.07, 6.45) is 4.82. The summed E-state index contributed by atoms with van der Waals surface area (Å²) in [5, 5.41) is 1.83. The zero-order chi connectivity index (χ0) is 21.4. The summed E-state index contributed by atoms with van der Waals surface area (Å²) in [4.78, 5) is 16.5. The molecule has 32 heavy (non-hydrogen) atoms. The first-order valence-electron chi connectivity index (χ1n) is 10.8. The van der Waals surface area contributed by atoms with Crippen LogP contribution in [0.4, 0.5) is 20.2 Å². The lowest BCUT2D eigenvalue weighted by molar-refractivity contribution is 0.192. The zero-order valence-corrected chi connectivity index (χ0v) is 19.3. The molecule has 2 aliphatic heterocycles. The molecule has 2 aromatic carbocycles.